The summed E-state index contributed by atoms with van der Waals surface area (Å²) in [5.41, 5.74) is 0. The minimum absolute atomic E-state index is 0.0786. The normalized spacial score (nSPS) is 13.3. The Bertz CT molecular complexity index is 299. The van der Waals surface area contributed by atoms with Crippen molar-refractivity contribution in [3.8, 4) is 0 Å². The summed E-state index contributed by atoms with van der Waals surface area (Å²) in [4.78, 5) is 0. The van der Waals surface area contributed by atoms with Gasteiger partial charge in [0.25, 0.3) is 0 Å². The van der Waals surface area contributed by atoms with Crippen molar-refractivity contribution in [2.45, 2.75) is 39.3 Å². The molecule has 0 bridgehead atoms. The zero-order valence-corrected chi connectivity index (χ0v) is 10.9. The highest BCUT2D eigenvalue weighted by molar-refractivity contribution is 6.28. The minimum atomic E-state index is 0.0786. The second kappa shape index (κ2) is 6.94. The molecule has 0 aliphatic carbocycles. The summed E-state index contributed by atoms with van der Waals surface area (Å²) in [5.74, 6) is 0.833. The fourth-order valence-corrected chi connectivity index (χ4v) is 1.52. The lowest BCUT2D eigenvalue weighted by atomic mass is 10.2. The van der Waals surface area contributed by atoms with E-state index in [1.807, 2.05) is 19.9 Å². The summed E-state index contributed by atoms with van der Waals surface area (Å²) in [6, 6.07) is 3.72. The smallest absolute Gasteiger partial charge is 0.193 e. The van der Waals surface area contributed by atoms with Crippen LogP contribution in [0.4, 0.5) is 0 Å². The van der Waals surface area contributed by atoms with E-state index in [4.69, 9.17) is 20.8 Å². The van der Waals surface area contributed by atoms with Crippen molar-refractivity contribution in [2.75, 3.05) is 13.2 Å². The molecule has 4 heteroatoms. The SMILES string of the molecule is CCCNC(COC(C)C)c1ccc(Cl)o1. The number of furan rings is 1. The van der Waals surface area contributed by atoms with Gasteiger partial charge in [-0.1, -0.05) is 6.92 Å². The van der Waals surface area contributed by atoms with E-state index in [0.717, 1.165) is 18.7 Å². The number of ether oxygens (including phenoxy) is 1. The molecule has 0 aromatic carbocycles. The number of rotatable bonds is 7. The lowest BCUT2D eigenvalue weighted by Crippen LogP contribution is -2.27. The second-order valence-electron chi connectivity index (χ2n) is 4.03. The average molecular weight is 246 g/mol. The molecule has 92 valence electrons. The Hall–Kier alpha value is -0.510. The molecule has 0 fully saturated rings. The van der Waals surface area contributed by atoms with Gasteiger partial charge in [0, 0.05) is 0 Å². The van der Waals surface area contributed by atoms with Gasteiger partial charge in [0.05, 0.1) is 18.8 Å². The summed E-state index contributed by atoms with van der Waals surface area (Å²) in [5, 5.41) is 3.80. The van der Waals surface area contributed by atoms with Crippen LogP contribution in [0.25, 0.3) is 0 Å². The monoisotopic (exact) mass is 245 g/mol. The summed E-state index contributed by atoms with van der Waals surface area (Å²) in [7, 11) is 0. The lowest BCUT2D eigenvalue weighted by Gasteiger charge is -2.17. The van der Waals surface area contributed by atoms with Crippen LogP contribution in [-0.4, -0.2) is 19.3 Å². The van der Waals surface area contributed by atoms with Gasteiger partial charge in [-0.05, 0) is 50.5 Å². The van der Waals surface area contributed by atoms with Gasteiger partial charge >= 0.3 is 0 Å². The van der Waals surface area contributed by atoms with Crippen molar-refractivity contribution >= 4 is 11.6 Å². The second-order valence-corrected chi connectivity index (χ2v) is 4.40. The third-order valence-corrected chi connectivity index (χ3v) is 2.38. The predicted molar refractivity (Wildman–Crippen MR) is 65.8 cm³/mol. The van der Waals surface area contributed by atoms with Crippen molar-refractivity contribution < 1.29 is 9.15 Å². The predicted octanol–water partition coefficient (Wildman–Crippen LogP) is 3.40. The van der Waals surface area contributed by atoms with Crippen molar-refractivity contribution in [3.05, 3.63) is 23.1 Å². The highest BCUT2D eigenvalue weighted by Crippen LogP contribution is 2.20. The first-order chi connectivity index (χ1) is 7.63. The number of hydrogen-bond acceptors (Lipinski definition) is 3. The van der Waals surface area contributed by atoms with E-state index in [1.165, 1.54) is 0 Å². The summed E-state index contributed by atoms with van der Waals surface area (Å²) in [6.07, 6.45) is 1.29. The van der Waals surface area contributed by atoms with Crippen molar-refractivity contribution in [1.29, 1.82) is 0 Å². The van der Waals surface area contributed by atoms with E-state index in [2.05, 4.69) is 12.2 Å². The first-order valence-corrected chi connectivity index (χ1v) is 6.11. The quantitative estimate of drug-likeness (QED) is 0.800. The number of hydrogen-bond donors (Lipinski definition) is 1. The maximum absolute atomic E-state index is 5.77. The largest absolute Gasteiger partial charge is 0.448 e. The molecule has 1 aromatic rings. The summed E-state index contributed by atoms with van der Waals surface area (Å²) in [6.45, 7) is 7.70. The Morgan fingerprint density at radius 1 is 1.44 bits per heavy atom. The van der Waals surface area contributed by atoms with Crippen LogP contribution in [0.2, 0.25) is 5.22 Å². The number of halogens is 1. The van der Waals surface area contributed by atoms with E-state index in [0.29, 0.717) is 11.8 Å². The summed E-state index contributed by atoms with van der Waals surface area (Å²) >= 11 is 5.77. The molecule has 16 heavy (non-hydrogen) atoms. The molecule has 0 saturated heterocycles. The zero-order chi connectivity index (χ0) is 12.0. The van der Waals surface area contributed by atoms with Crippen LogP contribution in [0, 0.1) is 0 Å². The molecule has 1 unspecified atom stereocenters. The van der Waals surface area contributed by atoms with Crippen molar-refractivity contribution in [2.24, 2.45) is 0 Å². The van der Waals surface area contributed by atoms with E-state index < -0.39 is 0 Å². The molecular formula is C12H20ClNO2. The fourth-order valence-electron chi connectivity index (χ4n) is 1.36. The average Bonchev–Trinajstić information content (AvgIpc) is 2.64. The van der Waals surface area contributed by atoms with Crippen LogP contribution >= 0.6 is 11.6 Å². The lowest BCUT2D eigenvalue weighted by molar-refractivity contribution is 0.0568. The van der Waals surface area contributed by atoms with Gasteiger partial charge in [0.1, 0.15) is 5.76 Å². The van der Waals surface area contributed by atoms with Crippen molar-refractivity contribution in [1.82, 2.24) is 5.32 Å². The zero-order valence-electron chi connectivity index (χ0n) is 10.1. The standard InChI is InChI=1S/C12H20ClNO2/c1-4-7-14-10(8-15-9(2)3)11-5-6-12(13)16-11/h5-6,9-10,14H,4,7-8H2,1-3H3. The Labute approximate surface area is 102 Å². The topological polar surface area (TPSA) is 34.4 Å². The molecule has 3 nitrogen and oxygen atoms in total. The third-order valence-electron chi connectivity index (χ3n) is 2.17. The van der Waals surface area contributed by atoms with Crippen LogP contribution in [0.3, 0.4) is 0 Å². The van der Waals surface area contributed by atoms with E-state index in [1.54, 1.807) is 6.07 Å². The Kier molecular flexibility index (Phi) is 5.88. The first kappa shape index (κ1) is 13.6. The minimum Gasteiger partial charge on any atom is -0.448 e. The molecule has 0 amide bonds. The Morgan fingerprint density at radius 3 is 2.69 bits per heavy atom. The van der Waals surface area contributed by atoms with Gasteiger partial charge in [-0.2, -0.15) is 0 Å². The molecule has 0 spiro atoms. The van der Waals surface area contributed by atoms with Crippen LogP contribution in [0.15, 0.2) is 16.5 Å². The van der Waals surface area contributed by atoms with E-state index >= 15 is 0 Å². The molecule has 1 aromatic heterocycles. The Morgan fingerprint density at radius 2 is 2.19 bits per heavy atom. The van der Waals surface area contributed by atoms with Crippen LogP contribution in [-0.2, 0) is 4.74 Å². The number of nitrogens with one attached hydrogen (secondary N) is 1. The first-order valence-electron chi connectivity index (χ1n) is 5.73. The molecular weight excluding hydrogens is 226 g/mol. The molecule has 1 atom stereocenters. The van der Waals surface area contributed by atoms with Crippen LogP contribution < -0.4 is 5.32 Å². The maximum atomic E-state index is 5.77. The van der Waals surface area contributed by atoms with Crippen LogP contribution in [0.1, 0.15) is 39.0 Å². The fraction of sp³-hybridized carbons (Fsp3) is 0.667. The van der Waals surface area contributed by atoms with Gasteiger partial charge in [-0.15, -0.1) is 0 Å². The Balaban J connectivity index is 2.55. The molecule has 0 aliphatic heterocycles. The molecule has 1 heterocycles. The van der Waals surface area contributed by atoms with Gasteiger partial charge < -0.3 is 14.5 Å². The van der Waals surface area contributed by atoms with Crippen LogP contribution in [0.5, 0.6) is 0 Å². The molecule has 0 aliphatic rings. The van der Waals surface area contributed by atoms with Gasteiger partial charge in [0.2, 0.25) is 0 Å². The van der Waals surface area contributed by atoms with Crippen molar-refractivity contribution in [3.63, 3.8) is 0 Å². The van der Waals surface area contributed by atoms with Gasteiger partial charge in [-0.3, -0.25) is 0 Å². The highest BCUT2D eigenvalue weighted by Gasteiger charge is 2.15. The molecule has 0 radical (unpaired) electrons. The van der Waals surface area contributed by atoms with E-state index in [9.17, 15) is 0 Å². The highest BCUT2D eigenvalue weighted by atomic mass is 35.5. The van der Waals surface area contributed by atoms with Gasteiger partial charge in [0.15, 0.2) is 5.22 Å². The van der Waals surface area contributed by atoms with E-state index in [-0.39, 0.29) is 12.1 Å². The summed E-state index contributed by atoms with van der Waals surface area (Å²) < 4.78 is 11.0. The molecule has 1 rings (SSSR count). The maximum Gasteiger partial charge on any atom is 0.193 e. The molecule has 0 saturated carbocycles. The molecule has 1 N–H and O–H groups in total. The van der Waals surface area contributed by atoms with Gasteiger partial charge in [-0.25, -0.2) is 0 Å². The third kappa shape index (κ3) is 4.56.